The highest BCUT2D eigenvalue weighted by molar-refractivity contribution is 5.66. The van der Waals surface area contributed by atoms with Crippen molar-refractivity contribution >= 4 is 17.5 Å². The zero-order chi connectivity index (χ0) is 9.26. The van der Waals surface area contributed by atoms with E-state index < -0.39 is 0 Å². The number of anilines is 3. The third kappa shape index (κ3) is 1.30. The zero-order valence-electron chi connectivity index (χ0n) is 7.27. The molecule has 0 unspecified atom stereocenters. The van der Waals surface area contributed by atoms with Gasteiger partial charge in [0.15, 0.2) is 5.82 Å². The van der Waals surface area contributed by atoms with Gasteiger partial charge in [0.25, 0.3) is 5.56 Å². The fraction of sp³-hybridized carbons (Fsp3) is 0.429. The molecule has 0 spiro atoms. The molecule has 0 bridgehead atoms. The van der Waals surface area contributed by atoms with Gasteiger partial charge in [0, 0.05) is 20.1 Å². The van der Waals surface area contributed by atoms with Gasteiger partial charge in [-0.15, -0.1) is 0 Å². The second-order valence-electron chi connectivity index (χ2n) is 2.74. The average molecular weight is 181 g/mol. The summed E-state index contributed by atoms with van der Waals surface area (Å²) < 4.78 is 0. The van der Waals surface area contributed by atoms with Crippen molar-refractivity contribution in [2.24, 2.45) is 0 Å². The van der Waals surface area contributed by atoms with Gasteiger partial charge in [-0.2, -0.15) is 4.98 Å². The lowest BCUT2D eigenvalue weighted by Gasteiger charge is -2.17. The maximum atomic E-state index is 11.4. The second kappa shape index (κ2) is 2.96. The Morgan fingerprint density at radius 3 is 2.92 bits per heavy atom. The molecule has 13 heavy (non-hydrogen) atoms. The van der Waals surface area contributed by atoms with Crippen LogP contribution in [0.15, 0.2) is 4.79 Å². The molecule has 1 aliphatic heterocycles. The lowest BCUT2D eigenvalue weighted by molar-refractivity contribution is 0.985. The molecular formula is C7H11N5O. The van der Waals surface area contributed by atoms with E-state index in [2.05, 4.69) is 25.9 Å². The van der Waals surface area contributed by atoms with E-state index in [1.54, 1.807) is 7.05 Å². The first-order valence-electron chi connectivity index (χ1n) is 4.11. The van der Waals surface area contributed by atoms with Crippen LogP contribution in [0.3, 0.4) is 0 Å². The summed E-state index contributed by atoms with van der Waals surface area (Å²) in [6, 6.07) is 0. The van der Waals surface area contributed by atoms with Crippen molar-refractivity contribution in [1.29, 1.82) is 0 Å². The van der Waals surface area contributed by atoms with Gasteiger partial charge in [-0.05, 0) is 0 Å². The lowest BCUT2D eigenvalue weighted by Crippen LogP contribution is -2.28. The van der Waals surface area contributed by atoms with Gasteiger partial charge in [0.05, 0.1) is 0 Å². The highest BCUT2D eigenvalue weighted by Crippen LogP contribution is 2.16. The molecule has 0 saturated heterocycles. The number of aromatic amines is 1. The maximum absolute atomic E-state index is 11.4. The molecule has 2 heterocycles. The minimum Gasteiger partial charge on any atom is -0.376 e. The zero-order valence-corrected chi connectivity index (χ0v) is 7.27. The summed E-state index contributed by atoms with van der Waals surface area (Å²) in [5.74, 6) is 1.08. The summed E-state index contributed by atoms with van der Waals surface area (Å²) in [5.41, 5.74) is 0.367. The largest absolute Gasteiger partial charge is 0.376 e. The van der Waals surface area contributed by atoms with Crippen LogP contribution >= 0.6 is 0 Å². The van der Waals surface area contributed by atoms with Crippen LogP contribution in [0.5, 0.6) is 0 Å². The molecule has 6 heteroatoms. The van der Waals surface area contributed by atoms with Crippen molar-refractivity contribution in [2.45, 2.75) is 0 Å². The Morgan fingerprint density at radius 1 is 1.38 bits per heavy atom. The number of rotatable bonds is 1. The van der Waals surface area contributed by atoms with Gasteiger partial charge >= 0.3 is 0 Å². The number of hydrogen-bond acceptors (Lipinski definition) is 5. The summed E-state index contributed by atoms with van der Waals surface area (Å²) in [5, 5.41) is 8.81. The van der Waals surface area contributed by atoms with Gasteiger partial charge in [0.1, 0.15) is 5.69 Å². The predicted molar refractivity (Wildman–Crippen MR) is 51.4 cm³/mol. The van der Waals surface area contributed by atoms with Crippen LogP contribution in [0, 0.1) is 0 Å². The highest BCUT2D eigenvalue weighted by Gasteiger charge is 2.13. The van der Waals surface area contributed by atoms with Crippen LogP contribution in [0.2, 0.25) is 0 Å². The van der Waals surface area contributed by atoms with Crippen molar-refractivity contribution in [3.63, 3.8) is 0 Å². The molecular weight excluding hydrogens is 170 g/mol. The summed E-state index contributed by atoms with van der Waals surface area (Å²) in [6.45, 7) is 1.53. The van der Waals surface area contributed by atoms with Gasteiger partial charge in [-0.3, -0.25) is 9.78 Å². The highest BCUT2D eigenvalue weighted by atomic mass is 16.1. The Labute approximate surface area is 74.8 Å². The van der Waals surface area contributed by atoms with Gasteiger partial charge < -0.3 is 16.0 Å². The molecule has 4 N–H and O–H groups in total. The van der Waals surface area contributed by atoms with E-state index in [0.717, 1.165) is 13.1 Å². The summed E-state index contributed by atoms with van der Waals surface area (Å²) in [7, 11) is 1.71. The normalized spacial score (nSPS) is 13.9. The van der Waals surface area contributed by atoms with Gasteiger partial charge in [0.2, 0.25) is 5.95 Å². The monoisotopic (exact) mass is 181 g/mol. The van der Waals surface area contributed by atoms with Crippen LogP contribution in [-0.2, 0) is 0 Å². The van der Waals surface area contributed by atoms with Crippen LogP contribution in [0.25, 0.3) is 0 Å². The molecule has 2 rings (SSSR count). The van der Waals surface area contributed by atoms with Crippen LogP contribution in [-0.4, -0.2) is 30.1 Å². The maximum Gasteiger partial charge on any atom is 0.277 e. The minimum atomic E-state index is -0.151. The van der Waals surface area contributed by atoms with Crippen molar-refractivity contribution < 1.29 is 0 Å². The standard InChI is InChI=1S/C7H11N5O/c1-8-7-11-5-4(6(13)12-7)9-2-3-10-5/h9H,2-3H2,1H3,(H3,8,10,11,12,13). The Balaban J connectivity index is 2.53. The minimum absolute atomic E-state index is 0.151. The molecule has 1 aromatic rings. The molecule has 70 valence electrons. The van der Waals surface area contributed by atoms with E-state index >= 15 is 0 Å². The molecule has 0 amide bonds. The molecule has 1 aliphatic rings. The Morgan fingerprint density at radius 2 is 2.15 bits per heavy atom. The molecule has 6 nitrogen and oxygen atoms in total. The van der Waals surface area contributed by atoms with E-state index in [4.69, 9.17) is 0 Å². The van der Waals surface area contributed by atoms with Crippen LogP contribution in [0.1, 0.15) is 0 Å². The third-order valence-corrected chi connectivity index (χ3v) is 1.88. The first kappa shape index (κ1) is 7.90. The number of hydrogen-bond donors (Lipinski definition) is 4. The third-order valence-electron chi connectivity index (χ3n) is 1.88. The molecule has 0 aromatic carbocycles. The average Bonchev–Trinajstić information content (AvgIpc) is 2.18. The number of nitrogens with zero attached hydrogens (tertiary/aromatic N) is 1. The Kier molecular flexibility index (Phi) is 1.80. The number of aromatic nitrogens is 2. The first-order valence-corrected chi connectivity index (χ1v) is 4.11. The molecule has 0 fully saturated rings. The van der Waals surface area contributed by atoms with E-state index in [9.17, 15) is 4.79 Å². The number of H-pyrrole nitrogens is 1. The fourth-order valence-electron chi connectivity index (χ4n) is 1.25. The summed E-state index contributed by atoms with van der Waals surface area (Å²) in [4.78, 5) is 18.2. The quantitative estimate of drug-likeness (QED) is 0.476. The topological polar surface area (TPSA) is 81.8 Å². The number of nitrogens with one attached hydrogen (secondary N) is 4. The van der Waals surface area contributed by atoms with Crippen LogP contribution < -0.4 is 21.5 Å². The first-order chi connectivity index (χ1) is 6.31. The molecule has 0 saturated carbocycles. The van der Waals surface area contributed by atoms with Crippen molar-refractivity contribution in [3.8, 4) is 0 Å². The molecule has 1 aromatic heterocycles. The molecule has 0 aliphatic carbocycles. The van der Waals surface area contributed by atoms with E-state index in [-0.39, 0.29) is 5.56 Å². The molecule has 0 radical (unpaired) electrons. The van der Waals surface area contributed by atoms with E-state index in [1.807, 2.05) is 0 Å². The summed E-state index contributed by atoms with van der Waals surface area (Å²) >= 11 is 0. The lowest BCUT2D eigenvalue weighted by atomic mass is 10.3. The Bertz CT molecular complexity index is 372. The van der Waals surface area contributed by atoms with Crippen molar-refractivity contribution in [3.05, 3.63) is 10.4 Å². The second-order valence-corrected chi connectivity index (χ2v) is 2.74. The van der Waals surface area contributed by atoms with Crippen molar-refractivity contribution in [2.75, 3.05) is 36.1 Å². The molecule has 0 atom stereocenters. The Hall–Kier alpha value is -1.72. The van der Waals surface area contributed by atoms with Crippen LogP contribution in [0.4, 0.5) is 17.5 Å². The van der Waals surface area contributed by atoms with Gasteiger partial charge in [-0.1, -0.05) is 0 Å². The van der Waals surface area contributed by atoms with Crippen molar-refractivity contribution in [1.82, 2.24) is 9.97 Å². The van der Waals surface area contributed by atoms with Gasteiger partial charge in [-0.25, -0.2) is 0 Å². The number of fused-ring (bicyclic) bond motifs is 1. The smallest absolute Gasteiger partial charge is 0.277 e. The van der Waals surface area contributed by atoms with E-state index in [1.165, 1.54) is 0 Å². The predicted octanol–water partition coefficient (Wildman–Crippen LogP) is -0.351. The fourth-order valence-corrected chi connectivity index (χ4v) is 1.25. The summed E-state index contributed by atoms with van der Waals surface area (Å²) in [6.07, 6.45) is 0. The SMILES string of the molecule is CNc1nc2c(c(=O)[nH]1)NCCN2. The van der Waals surface area contributed by atoms with E-state index in [0.29, 0.717) is 17.5 Å².